The van der Waals surface area contributed by atoms with Crippen LogP contribution in [0.3, 0.4) is 0 Å². The van der Waals surface area contributed by atoms with Gasteiger partial charge in [0, 0.05) is 18.3 Å². The Kier molecular flexibility index (Phi) is 2.82. The zero-order valence-corrected chi connectivity index (χ0v) is 10.4. The minimum Gasteiger partial charge on any atom is -0.272 e. The second-order valence-electron chi connectivity index (χ2n) is 4.60. The van der Waals surface area contributed by atoms with Gasteiger partial charge in [-0.15, -0.1) is 0 Å². The largest absolute Gasteiger partial charge is 0.272 e. The highest BCUT2D eigenvalue weighted by Crippen LogP contribution is 2.22. The van der Waals surface area contributed by atoms with Crippen molar-refractivity contribution < 1.29 is 0 Å². The van der Waals surface area contributed by atoms with Crippen molar-refractivity contribution >= 4 is 0 Å². The summed E-state index contributed by atoms with van der Waals surface area (Å²) in [5.41, 5.74) is 4.80. The lowest BCUT2D eigenvalue weighted by Crippen LogP contribution is -1.99. The van der Waals surface area contributed by atoms with Crippen LogP contribution >= 0.6 is 0 Å². The van der Waals surface area contributed by atoms with Crippen LogP contribution in [0.15, 0.2) is 30.3 Å². The topological polar surface area (TPSA) is 17.8 Å². The maximum absolute atomic E-state index is 4.55. The molecule has 1 heterocycles. The molecule has 1 aromatic carbocycles. The van der Waals surface area contributed by atoms with Crippen LogP contribution in [0.1, 0.15) is 31.0 Å². The number of rotatable bonds is 2. The van der Waals surface area contributed by atoms with Crippen molar-refractivity contribution in [2.24, 2.45) is 7.05 Å². The summed E-state index contributed by atoms with van der Waals surface area (Å²) in [5, 5.41) is 4.55. The SMILES string of the molecule is Cc1ccc(-c2cc(C(C)C)n(C)n2)cc1. The lowest BCUT2D eigenvalue weighted by Gasteiger charge is -2.02. The van der Waals surface area contributed by atoms with Crippen molar-refractivity contribution in [1.29, 1.82) is 0 Å². The van der Waals surface area contributed by atoms with Crippen molar-refractivity contribution in [1.82, 2.24) is 9.78 Å². The maximum atomic E-state index is 4.55. The Morgan fingerprint density at radius 3 is 2.25 bits per heavy atom. The van der Waals surface area contributed by atoms with Crippen LogP contribution in [0.25, 0.3) is 11.3 Å². The third-order valence-corrected chi connectivity index (χ3v) is 2.85. The fourth-order valence-corrected chi connectivity index (χ4v) is 1.89. The number of aryl methyl sites for hydroxylation is 2. The van der Waals surface area contributed by atoms with Gasteiger partial charge < -0.3 is 0 Å². The summed E-state index contributed by atoms with van der Waals surface area (Å²) in [6.45, 7) is 6.48. The first-order chi connectivity index (χ1) is 7.58. The lowest BCUT2D eigenvalue weighted by atomic mass is 10.1. The summed E-state index contributed by atoms with van der Waals surface area (Å²) in [5.74, 6) is 0.511. The monoisotopic (exact) mass is 214 g/mol. The molecule has 2 rings (SSSR count). The molecule has 2 nitrogen and oxygen atoms in total. The first-order valence-corrected chi connectivity index (χ1v) is 5.69. The van der Waals surface area contributed by atoms with E-state index in [1.807, 2.05) is 11.7 Å². The Morgan fingerprint density at radius 2 is 1.75 bits per heavy atom. The summed E-state index contributed by atoms with van der Waals surface area (Å²) >= 11 is 0. The van der Waals surface area contributed by atoms with Crippen LogP contribution in [0.2, 0.25) is 0 Å². The molecule has 16 heavy (non-hydrogen) atoms. The number of aromatic nitrogens is 2. The zero-order valence-electron chi connectivity index (χ0n) is 10.4. The predicted octanol–water partition coefficient (Wildman–Crippen LogP) is 3.52. The van der Waals surface area contributed by atoms with E-state index >= 15 is 0 Å². The molecule has 0 spiro atoms. The van der Waals surface area contributed by atoms with Gasteiger partial charge in [-0.3, -0.25) is 4.68 Å². The Bertz CT molecular complexity index is 478. The van der Waals surface area contributed by atoms with E-state index in [4.69, 9.17) is 0 Å². The molecule has 0 saturated carbocycles. The van der Waals surface area contributed by atoms with Gasteiger partial charge in [-0.05, 0) is 18.9 Å². The average Bonchev–Trinajstić information content (AvgIpc) is 2.61. The molecule has 0 atom stereocenters. The Morgan fingerprint density at radius 1 is 1.12 bits per heavy atom. The van der Waals surface area contributed by atoms with Gasteiger partial charge in [0.05, 0.1) is 5.69 Å². The lowest BCUT2D eigenvalue weighted by molar-refractivity contribution is 0.670. The van der Waals surface area contributed by atoms with Crippen molar-refractivity contribution in [2.45, 2.75) is 26.7 Å². The molecule has 84 valence electrons. The Balaban J connectivity index is 2.41. The van der Waals surface area contributed by atoms with Crippen LogP contribution in [0, 0.1) is 6.92 Å². The molecule has 0 aliphatic heterocycles. The quantitative estimate of drug-likeness (QED) is 0.748. The first-order valence-electron chi connectivity index (χ1n) is 5.69. The van der Waals surface area contributed by atoms with E-state index in [-0.39, 0.29) is 0 Å². The third-order valence-electron chi connectivity index (χ3n) is 2.85. The van der Waals surface area contributed by atoms with Crippen LogP contribution in [0.5, 0.6) is 0 Å². The number of benzene rings is 1. The van der Waals surface area contributed by atoms with Gasteiger partial charge in [0.1, 0.15) is 0 Å². The van der Waals surface area contributed by atoms with Gasteiger partial charge in [0.15, 0.2) is 0 Å². The maximum Gasteiger partial charge on any atom is 0.0926 e. The number of hydrogen-bond acceptors (Lipinski definition) is 1. The second-order valence-corrected chi connectivity index (χ2v) is 4.60. The van der Waals surface area contributed by atoms with E-state index in [0.29, 0.717) is 5.92 Å². The van der Waals surface area contributed by atoms with Gasteiger partial charge in [-0.25, -0.2) is 0 Å². The molecule has 1 aromatic heterocycles. The van der Waals surface area contributed by atoms with Crippen molar-refractivity contribution in [3.05, 3.63) is 41.6 Å². The standard InChI is InChI=1S/C14H18N2/c1-10(2)14-9-13(15-16(14)4)12-7-5-11(3)6-8-12/h5-10H,1-4H3. The first kappa shape index (κ1) is 10.9. The average molecular weight is 214 g/mol. The van der Waals surface area contributed by atoms with Crippen LogP contribution in [-0.2, 0) is 7.05 Å². The molecule has 0 bridgehead atoms. The second kappa shape index (κ2) is 4.12. The zero-order chi connectivity index (χ0) is 11.7. The molecule has 0 amide bonds. The van der Waals surface area contributed by atoms with Crippen LogP contribution in [0.4, 0.5) is 0 Å². The van der Waals surface area contributed by atoms with Gasteiger partial charge in [0.25, 0.3) is 0 Å². The molecule has 0 radical (unpaired) electrons. The van der Waals surface area contributed by atoms with Crippen LogP contribution < -0.4 is 0 Å². The Labute approximate surface area is 96.9 Å². The molecule has 0 unspecified atom stereocenters. The van der Waals surface area contributed by atoms with Gasteiger partial charge in [-0.2, -0.15) is 5.10 Å². The van der Waals surface area contributed by atoms with E-state index in [2.05, 4.69) is 56.2 Å². The van der Waals surface area contributed by atoms with Gasteiger partial charge >= 0.3 is 0 Å². The molecule has 0 N–H and O–H groups in total. The smallest absolute Gasteiger partial charge is 0.0926 e. The van der Waals surface area contributed by atoms with Crippen molar-refractivity contribution in [2.75, 3.05) is 0 Å². The molecule has 0 saturated heterocycles. The number of hydrogen-bond donors (Lipinski definition) is 0. The molecule has 0 fully saturated rings. The normalized spacial score (nSPS) is 11.1. The van der Waals surface area contributed by atoms with Gasteiger partial charge in [-0.1, -0.05) is 43.7 Å². The fraction of sp³-hybridized carbons (Fsp3) is 0.357. The number of nitrogens with zero attached hydrogens (tertiary/aromatic N) is 2. The minimum absolute atomic E-state index is 0.511. The summed E-state index contributed by atoms with van der Waals surface area (Å²) in [4.78, 5) is 0. The minimum atomic E-state index is 0.511. The molecule has 2 aromatic rings. The highest BCUT2D eigenvalue weighted by atomic mass is 15.3. The molecule has 0 aliphatic rings. The molecule has 2 heteroatoms. The van der Waals surface area contributed by atoms with Crippen molar-refractivity contribution in [3.63, 3.8) is 0 Å². The van der Waals surface area contributed by atoms with Crippen molar-refractivity contribution in [3.8, 4) is 11.3 Å². The van der Waals surface area contributed by atoms with E-state index in [9.17, 15) is 0 Å². The summed E-state index contributed by atoms with van der Waals surface area (Å²) in [6, 6.07) is 10.7. The molecular weight excluding hydrogens is 196 g/mol. The van der Waals surface area contributed by atoms with E-state index in [1.165, 1.54) is 16.8 Å². The summed E-state index contributed by atoms with van der Waals surface area (Å²) in [7, 11) is 2.01. The molecule has 0 aliphatic carbocycles. The summed E-state index contributed by atoms with van der Waals surface area (Å²) in [6.07, 6.45) is 0. The van der Waals surface area contributed by atoms with E-state index in [0.717, 1.165) is 5.69 Å². The van der Waals surface area contributed by atoms with E-state index in [1.54, 1.807) is 0 Å². The van der Waals surface area contributed by atoms with E-state index < -0.39 is 0 Å². The summed E-state index contributed by atoms with van der Waals surface area (Å²) < 4.78 is 1.97. The Hall–Kier alpha value is -1.57. The molecular formula is C14H18N2. The predicted molar refractivity (Wildman–Crippen MR) is 67.5 cm³/mol. The van der Waals surface area contributed by atoms with Crippen LogP contribution in [-0.4, -0.2) is 9.78 Å². The highest BCUT2D eigenvalue weighted by Gasteiger charge is 2.09. The third kappa shape index (κ3) is 2.01. The van der Waals surface area contributed by atoms with Gasteiger partial charge in [0.2, 0.25) is 0 Å². The fourth-order valence-electron chi connectivity index (χ4n) is 1.89. The highest BCUT2D eigenvalue weighted by molar-refractivity contribution is 5.59.